The normalized spacial score (nSPS) is 11.6. The Hall–Kier alpha value is -3.61. The van der Waals surface area contributed by atoms with Crippen LogP contribution in [0.5, 0.6) is 5.75 Å². The molecule has 2 amide bonds. The lowest BCUT2D eigenvalue weighted by Gasteiger charge is -2.13. The Labute approximate surface area is 176 Å². The number of anilines is 1. The van der Waals surface area contributed by atoms with E-state index in [2.05, 4.69) is 10.6 Å². The number of carbonyl (C=O) groups is 3. The van der Waals surface area contributed by atoms with Crippen LogP contribution in [0.4, 0.5) is 5.69 Å². The van der Waals surface area contributed by atoms with Gasteiger partial charge in [-0.2, -0.15) is 0 Å². The number of methoxy groups -OCH3 is 1. The van der Waals surface area contributed by atoms with Gasteiger partial charge in [0.15, 0.2) is 6.61 Å². The highest BCUT2D eigenvalue weighted by Crippen LogP contribution is 2.15. The molecule has 30 heavy (non-hydrogen) atoms. The molecule has 0 saturated carbocycles. The maximum atomic E-state index is 12.0. The molecule has 2 aromatic rings. The second-order valence-corrected chi connectivity index (χ2v) is 6.50. The summed E-state index contributed by atoms with van der Waals surface area (Å²) in [5.74, 6) is -0.867. The molecular formula is C23H26N2O5. The van der Waals surface area contributed by atoms with Gasteiger partial charge in [0.25, 0.3) is 5.91 Å². The van der Waals surface area contributed by atoms with Crippen LogP contribution in [0.15, 0.2) is 54.6 Å². The Balaban J connectivity index is 1.78. The van der Waals surface area contributed by atoms with Crippen LogP contribution in [-0.2, 0) is 25.5 Å². The second kappa shape index (κ2) is 11.4. The molecule has 2 aromatic carbocycles. The Morgan fingerprint density at radius 3 is 2.43 bits per heavy atom. The zero-order chi connectivity index (χ0) is 21.9. The molecule has 7 nitrogen and oxygen atoms in total. The van der Waals surface area contributed by atoms with Gasteiger partial charge in [0.1, 0.15) is 11.8 Å². The number of aryl methyl sites for hydroxylation is 1. The van der Waals surface area contributed by atoms with Gasteiger partial charge < -0.3 is 20.1 Å². The standard InChI is InChI=1S/C23H26N2O5/c1-4-18-7-5-6-8-20(18)25-22(27)15-30-23(28)16(2)24-21(26)14-11-17-9-12-19(29-3)13-10-17/h5-14,16H,4,15H2,1-3H3,(H,24,26)(H,25,27)/t16-/m0/s1. The van der Waals surface area contributed by atoms with Gasteiger partial charge >= 0.3 is 5.97 Å². The molecule has 0 heterocycles. The second-order valence-electron chi connectivity index (χ2n) is 6.50. The highest BCUT2D eigenvalue weighted by molar-refractivity contribution is 5.96. The van der Waals surface area contributed by atoms with Crippen LogP contribution in [0, 0.1) is 0 Å². The molecule has 2 N–H and O–H groups in total. The van der Waals surface area contributed by atoms with Crippen molar-refractivity contribution in [2.75, 3.05) is 19.0 Å². The van der Waals surface area contributed by atoms with E-state index in [-0.39, 0.29) is 0 Å². The quantitative estimate of drug-likeness (QED) is 0.490. The first-order valence-electron chi connectivity index (χ1n) is 9.60. The van der Waals surface area contributed by atoms with Crippen molar-refractivity contribution in [1.29, 1.82) is 0 Å². The van der Waals surface area contributed by atoms with Crippen LogP contribution in [0.1, 0.15) is 25.0 Å². The molecule has 2 rings (SSSR count). The summed E-state index contributed by atoms with van der Waals surface area (Å²) in [5.41, 5.74) is 2.48. The van der Waals surface area contributed by atoms with Crippen LogP contribution < -0.4 is 15.4 Å². The predicted molar refractivity (Wildman–Crippen MR) is 115 cm³/mol. The van der Waals surface area contributed by atoms with Crippen LogP contribution in [0.25, 0.3) is 6.08 Å². The fraction of sp³-hybridized carbons (Fsp3) is 0.261. The van der Waals surface area contributed by atoms with Gasteiger partial charge in [0.2, 0.25) is 5.91 Å². The number of para-hydroxylation sites is 1. The van der Waals surface area contributed by atoms with Crippen LogP contribution in [0.2, 0.25) is 0 Å². The van der Waals surface area contributed by atoms with Gasteiger partial charge in [0.05, 0.1) is 7.11 Å². The van der Waals surface area contributed by atoms with Crippen molar-refractivity contribution < 1.29 is 23.9 Å². The summed E-state index contributed by atoms with van der Waals surface area (Å²) < 4.78 is 10.1. The lowest BCUT2D eigenvalue weighted by Crippen LogP contribution is -2.39. The molecular weight excluding hydrogens is 384 g/mol. The van der Waals surface area contributed by atoms with E-state index in [1.165, 1.54) is 13.0 Å². The lowest BCUT2D eigenvalue weighted by molar-refractivity contribution is -0.149. The van der Waals surface area contributed by atoms with Crippen molar-refractivity contribution in [3.05, 3.63) is 65.7 Å². The molecule has 7 heteroatoms. The summed E-state index contributed by atoms with van der Waals surface area (Å²) in [6.45, 7) is 3.04. The largest absolute Gasteiger partial charge is 0.497 e. The maximum Gasteiger partial charge on any atom is 0.328 e. The third kappa shape index (κ3) is 7.09. The van der Waals surface area contributed by atoms with Crippen molar-refractivity contribution in [3.63, 3.8) is 0 Å². The first kappa shape index (κ1) is 22.7. The van der Waals surface area contributed by atoms with E-state index in [0.717, 1.165) is 23.3 Å². The topological polar surface area (TPSA) is 93.7 Å². The van der Waals surface area contributed by atoms with E-state index >= 15 is 0 Å². The monoisotopic (exact) mass is 410 g/mol. The number of ether oxygens (including phenoxy) is 2. The maximum absolute atomic E-state index is 12.0. The van der Waals surface area contributed by atoms with Crippen LogP contribution in [-0.4, -0.2) is 37.5 Å². The van der Waals surface area contributed by atoms with E-state index < -0.39 is 30.4 Å². The van der Waals surface area contributed by atoms with E-state index in [1.54, 1.807) is 43.5 Å². The van der Waals surface area contributed by atoms with E-state index in [0.29, 0.717) is 5.69 Å². The molecule has 1 atom stereocenters. The molecule has 0 fully saturated rings. The number of hydrogen-bond donors (Lipinski definition) is 2. The summed E-state index contributed by atoms with van der Waals surface area (Å²) in [6, 6.07) is 13.7. The van der Waals surface area contributed by atoms with Gasteiger partial charge in [-0.05, 0) is 48.7 Å². The SMILES string of the molecule is CCc1ccccc1NC(=O)COC(=O)[C@H](C)NC(=O)C=Cc1ccc(OC)cc1. The minimum absolute atomic E-state index is 0.432. The van der Waals surface area contributed by atoms with Gasteiger partial charge in [-0.15, -0.1) is 0 Å². The number of hydrogen-bond acceptors (Lipinski definition) is 5. The van der Waals surface area contributed by atoms with Gasteiger partial charge in [0, 0.05) is 11.8 Å². The zero-order valence-electron chi connectivity index (χ0n) is 17.3. The van der Waals surface area contributed by atoms with Crippen molar-refractivity contribution in [1.82, 2.24) is 5.32 Å². The van der Waals surface area contributed by atoms with Crippen molar-refractivity contribution >= 4 is 29.5 Å². The number of amides is 2. The van der Waals surface area contributed by atoms with Gasteiger partial charge in [-0.1, -0.05) is 37.3 Å². The Bertz CT molecular complexity index is 906. The number of rotatable bonds is 9. The molecule has 0 aliphatic rings. The van der Waals surface area contributed by atoms with E-state index in [9.17, 15) is 14.4 Å². The summed E-state index contributed by atoms with van der Waals surface area (Å²) in [5, 5.41) is 5.23. The third-order valence-electron chi connectivity index (χ3n) is 4.27. The molecule has 0 aromatic heterocycles. The van der Waals surface area contributed by atoms with Gasteiger partial charge in [-0.25, -0.2) is 4.79 Å². The fourth-order valence-corrected chi connectivity index (χ4v) is 2.61. The molecule has 0 bridgehead atoms. The highest BCUT2D eigenvalue weighted by Gasteiger charge is 2.17. The first-order chi connectivity index (χ1) is 14.4. The van der Waals surface area contributed by atoms with Gasteiger partial charge in [-0.3, -0.25) is 9.59 Å². The van der Waals surface area contributed by atoms with Crippen molar-refractivity contribution in [3.8, 4) is 5.75 Å². The summed E-state index contributed by atoms with van der Waals surface area (Å²) in [7, 11) is 1.58. The zero-order valence-corrected chi connectivity index (χ0v) is 17.3. The summed E-state index contributed by atoms with van der Waals surface area (Å²) in [4.78, 5) is 36.1. The van der Waals surface area contributed by atoms with E-state index in [1.807, 2.05) is 25.1 Å². The molecule has 0 aliphatic heterocycles. The van der Waals surface area contributed by atoms with Crippen LogP contribution in [0.3, 0.4) is 0 Å². The molecule has 0 aliphatic carbocycles. The molecule has 0 radical (unpaired) electrons. The van der Waals surface area contributed by atoms with E-state index in [4.69, 9.17) is 9.47 Å². The molecule has 0 unspecified atom stereocenters. The highest BCUT2D eigenvalue weighted by atomic mass is 16.5. The average molecular weight is 410 g/mol. The fourth-order valence-electron chi connectivity index (χ4n) is 2.61. The number of esters is 1. The summed E-state index contributed by atoms with van der Waals surface area (Å²) >= 11 is 0. The molecule has 0 saturated heterocycles. The summed E-state index contributed by atoms with van der Waals surface area (Å²) in [6.07, 6.45) is 3.70. The smallest absolute Gasteiger partial charge is 0.328 e. The number of benzene rings is 2. The van der Waals surface area contributed by atoms with Crippen LogP contribution >= 0.6 is 0 Å². The Kier molecular flexibility index (Phi) is 8.62. The number of nitrogens with one attached hydrogen (secondary N) is 2. The number of carbonyl (C=O) groups excluding carboxylic acids is 3. The molecule has 0 spiro atoms. The molecule has 158 valence electrons. The average Bonchev–Trinajstić information content (AvgIpc) is 2.76. The lowest BCUT2D eigenvalue weighted by atomic mass is 10.1. The Morgan fingerprint density at radius 2 is 1.77 bits per heavy atom. The first-order valence-corrected chi connectivity index (χ1v) is 9.60. The predicted octanol–water partition coefficient (Wildman–Crippen LogP) is 2.96. The third-order valence-corrected chi connectivity index (χ3v) is 4.27. The Morgan fingerprint density at radius 1 is 1.07 bits per heavy atom. The van der Waals surface area contributed by atoms with Crippen molar-refractivity contribution in [2.24, 2.45) is 0 Å². The van der Waals surface area contributed by atoms with Crippen molar-refractivity contribution in [2.45, 2.75) is 26.3 Å². The minimum atomic E-state index is -0.895. The minimum Gasteiger partial charge on any atom is -0.497 e.